The zero-order chi connectivity index (χ0) is 18.6. The van der Waals surface area contributed by atoms with Crippen molar-refractivity contribution in [2.75, 3.05) is 20.2 Å². The second kappa shape index (κ2) is 9.78. The highest BCUT2D eigenvalue weighted by molar-refractivity contribution is 14.0. The SMILES string of the molecule is CN=C(NCc1cc2ccccc2[nH]1)NCC1CCCOC1C(C)(C)C.I. The molecule has 1 aromatic carbocycles. The van der Waals surface area contributed by atoms with Gasteiger partial charge in [0, 0.05) is 37.3 Å². The zero-order valence-electron chi connectivity index (χ0n) is 16.8. The Balaban J connectivity index is 0.00000261. The molecule has 0 aliphatic carbocycles. The Labute approximate surface area is 179 Å². The van der Waals surface area contributed by atoms with Crippen molar-refractivity contribution in [2.45, 2.75) is 46.3 Å². The maximum absolute atomic E-state index is 6.08. The van der Waals surface area contributed by atoms with Gasteiger partial charge in [0.05, 0.1) is 12.6 Å². The van der Waals surface area contributed by atoms with Crippen molar-refractivity contribution in [1.29, 1.82) is 0 Å². The average Bonchev–Trinajstić information content (AvgIpc) is 3.04. The van der Waals surface area contributed by atoms with Crippen molar-refractivity contribution < 1.29 is 4.74 Å². The van der Waals surface area contributed by atoms with Crippen molar-refractivity contribution in [1.82, 2.24) is 15.6 Å². The van der Waals surface area contributed by atoms with Gasteiger partial charge < -0.3 is 20.4 Å². The Bertz CT molecular complexity index is 717. The molecule has 6 heteroatoms. The van der Waals surface area contributed by atoms with E-state index in [1.165, 1.54) is 17.3 Å². The Kier molecular flexibility index (Phi) is 7.97. The molecular weight excluding hydrogens is 451 g/mol. The van der Waals surface area contributed by atoms with Crippen LogP contribution in [0.3, 0.4) is 0 Å². The van der Waals surface area contributed by atoms with Gasteiger partial charge in [-0.1, -0.05) is 39.0 Å². The molecule has 1 aliphatic heterocycles. The summed E-state index contributed by atoms with van der Waals surface area (Å²) in [6.07, 6.45) is 2.63. The number of fused-ring (bicyclic) bond motifs is 1. The van der Waals surface area contributed by atoms with Crippen LogP contribution >= 0.6 is 24.0 Å². The van der Waals surface area contributed by atoms with Gasteiger partial charge in [0.1, 0.15) is 0 Å². The first-order chi connectivity index (χ1) is 12.5. The third-order valence-electron chi connectivity index (χ3n) is 5.09. The van der Waals surface area contributed by atoms with Crippen LogP contribution in [0, 0.1) is 11.3 Å². The van der Waals surface area contributed by atoms with Crippen molar-refractivity contribution in [3.05, 3.63) is 36.0 Å². The second-order valence-corrected chi connectivity index (χ2v) is 8.25. The number of aliphatic imine (C=N–C) groups is 1. The molecule has 0 spiro atoms. The van der Waals surface area contributed by atoms with Gasteiger partial charge in [0.2, 0.25) is 0 Å². The van der Waals surface area contributed by atoms with E-state index < -0.39 is 0 Å². The number of H-pyrrole nitrogens is 1. The molecule has 0 bridgehead atoms. The van der Waals surface area contributed by atoms with E-state index in [2.05, 4.69) is 71.7 Å². The number of nitrogens with zero attached hydrogens (tertiary/aromatic N) is 1. The Morgan fingerprint density at radius 2 is 2.04 bits per heavy atom. The summed E-state index contributed by atoms with van der Waals surface area (Å²) in [5.74, 6) is 1.34. The molecule has 3 N–H and O–H groups in total. The monoisotopic (exact) mass is 484 g/mol. The van der Waals surface area contributed by atoms with E-state index in [1.807, 2.05) is 7.05 Å². The smallest absolute Gasteiger partial charge is 0.191 e. The number of aromatic amines is 1. The topological polar surface area (TPSA) is 61.4 Å². The summed E-state index contributed by atoms with van der Waals surface area (Å²) >= 11 is 0. The summed E-state index contributed by atoms with van der Waals surface area (Å²) in [6.45, 7) is 9.27. The first-order valence-corrected chi connectivity index (χ1v) is 9.60. The molecule has 1 fully saturated rings. The molecular formula is C21H33IN4O. The number of benzene rings is 1. The standard InChI is InChI=1S/C21H32N4O.HI/c1-21(2,3)19-16(9-7-11-26-19)13-23-20(22-4)24-14-17-12-15-8-5-6-10-18(15)25-17;/h5-6,8,10,12,16,19,25H,7,9,11,13-14H2,1-4H3,(H2,22,23,24);1H. The van der Waals surface area contributed by atoms with E-state index in [0.29, 0.717) is 5.92 Å². The number of nitrogens with one attached hydrogen (secondary N) is 3. The first-order valence-electron chi connectivity index (χ1n) is 9.60. The second-order valence-electron chi connectivity index (χ2n) is 8.25. The molecule has 3 rings (SSSR count). The third-order valence-corrected chi connectivity index (χ3v) is 5.09. The number of rotatable bonds is 4. The number of hydrogen-bond acceptors (Lipinski definition) is 2. The molecule has 0 amide bonds. The lowest BCUT2D eigenvalue weighted by Crippen LogP contribution is -2.47. The van der Waals surface area contributed by atoms with Crippen molar-refractivity contribution in [2.24, 2.45) is 16.3 Å². The number of hydrogen-bond donors (Lipinski definition) is 3. The van der Waals surface area contributed by atoms with Crippen molar-refractivity contribution in [3.8, 4) is 0 Å². The van der Waals surface area contributed by atoms with Gasteiger partial charge in [0.25, 0.3) is 0 Å². The Morgan fingerprint density at radius 1 is 1.26 bits per heavy atom. The molecule has 1 saturated heterocycles. The number of halogens is 1. The fraction of sp³-hybridized carbons (Fsp3) is 0.571. The van der Waals surface area contributed by atoms with Crippen LogP contribution in [-0.4, -0.2) is 37.2 Å². The van der Waals surface area contributed by atoms with Gasteiger partial charge in [-0.2, -0.15) is 0 Å². The van der Waals surface area contributed by atoms with Gasteiger partial charge >= 0.3 is 0 Å². The van der Waals surface area contributed by atoms with Gasteiger partial charge in [-0.05, 0) is 35.8 Å². The van der Waals surface area contributed by atoms with Gasteiger partial charge in [-0.15, -0.1) is 24.0 Å². The summed E-state index contributed by atoms with van der Waals surface area (Å²) in [5, 5.41) is 8.13. The van der Waals surface area contributed by atoms with Crippen LogP contribution in [0.25, 0.3) is 10.9 Å². The minimum Gasteiger partial charge on any atom is -0.377 e. The third kappa shape index (κ3) is 5.85. The molecule has 150 valence electrons. The van der Waals surface area contributed by atoms with Crippen LogP contribution in [0.15, 0.2) is 35.3 Å². The molecule has 2 atom stereocenters. The van der Waals surface area contributed by atoms with Crippen LogP contribution in [-0.2, 0) is 11.3 Å². The van der Waals surface area contributed by atoms with E-state index >= 15 is 0 Å². The lowest BCUT2D eigenvalue weighted by molar-refractivity contribution is -0.0835. The lowest BCUT2D eigenvalue weighted by atomic mass is 9.78. The van der Waals surface area contributed by atoms with E-state index in [-0.39, 0.29) is 35.5 Å². The van der Waals surface area contributed by atoms with Crippen LogP contribution < -0.4 is 10.6 Å². The van der Waals surface area contributed by atoms with Crippen molar-refractivity contribution >= 4 is 40.8 Å². The highest BCUT2D eigenvalue weighted by Gasteiger charge is 2.35. The highest BCUT2D eigenvalue weighted by atomic mass is 127. The van der Waals surface area contributed by atoms with E-state index in [4.69, 9.17) is 4.74 Å². The van der Waals surface area contributed by atoms with E-state index in [1.54, 1.807) is 0 Å². The predicted molar refractivity (Wildman–Crippen MR) is 124 cm³/mol. The van der Waals surface area contributed by atoms with Crippen LogP contribution in [0.1, 0.15) is 39.3 Å². The van der Waals surface area contributed by atoms with Gasteiger partial charge in [0.15, 0.2) is 5.96 Å². The Hall–Kier alpha value is -1.28. The van der Waals surface area contributed by atoms with E-state index in [0.717, 1.165) is 37.8 Å². The minimum absolute atomic E-state index is 0. The summed E-state index contributed by atoms with van der Waals surface area (Å²) in [7, 11) is 1.82. The molecule has 0 radical (unpaired) electrons. The summed E-state index contributed by atoms with van der Waals surface area (Å²) in [6, 6.07) is 10.5. The summed E-state index contributed by atoms with van der Waals surface area (Å²) in [5.41, 5.74) is 2.48. The number of aromatic nitrogens is 1. The number of ether oxygens (including phenoxy) is 1. The fourth-order valence-electron chi connectivity index (χ4n) is 3.87. The first kappa shape index (κ1) is 22.0. The largest absolute Gasteiger partial charge is 0.377 e. The Morgan fingerprint density at radius 3 is 2.74 bits per heavy atom. The summed E-state index contributed by atoms with van der Waals surface area (Å²) < 4.78 is 6.08. The number of para-hydroxylation sites is 1. The lowest BCUT2D eigenvalue weighted by Gasteiger charge is -2.40. The normalized spacial score (nSPS) is 21.0. The molecule has 2 aromatic rings. The molecule has 0 saturated carbocycles. The molecule has 1 aliphatic rings. The minimum atomic E-state index is 0. The maximum atomic E-state index is 6.08. The number of guanidine groups is 1. The van der Waals surface area contributed by atoms with Crippen LogP contribution in [0.2, 0.25) is 0 Å². The van der Waals surface area contributed by atoms with Gasteiger partial charge in [-0.3, -0.25) is 4.99 Å². The predicted octanol–water partition coefficient (Wildman–Crippen LogP) is 4.29. The molecule has 1 aromatic heterocycles. The van der Waals surface area contributed by atoms with Crippen LogP contribution in [0.5, 0.6) is 0 Å². The zero-order valence-corrected chi connectivity index (χ0v) is 19.2. The molecule has 2 unspecified atom stereocenters. The quantitative estimate of drug-likeness (QED) is 0.345. The average molecular weight is 484 g/mol. The van der Waals surface area contributed by atoms with E-state index in [9.17, 15) is 0 Å². The van der Waals surface area contributed by atoms with Gasteiger partial charge in [-0.25, -0.2) is 0 Å². The van der Waals surface area contributed by atoms with Crippen LogP contribution in [0.4, 0.5) is 0 Å². The molecule has 27 heavy (non-hydrogen) atoms. The molecule has 2 heterocycles. The maximum Gasteiger partial charge on any atom is 0.191 e. The molecule has 5 nitrogen and oxygen atoms in total. The highest BCUT2D eigenvalue weighted by Crippen LogP contribution is 2.33. The summed E-state index contributed by atoms with van der Waals surface area (Å²) in [4.78, 5) is 7.81. The fourth-order valence-corrected chi connectivity index (χ4v) is 3.87. The van der Waals surface area contributed by atoms with Crippen molar-refractivity contribution in [3.63, 3.8) is 0 Å².